The van der Waals surface area contributed by atoms with Crippen LogP contribution in [0.4, 0.5) is 0 Å². The lowest BCUT2D eigenvalue weighted by Gasteiger charge is -2.35. The van der Waals surface area contributed by atoms with Gasteiger partial charge in [-0.2, -0.15) is 0 Å². The summed E-state index contributed by atoms with van der Waals surface area (Å²) in [6.45, 7) is 0.629. The zero-order chi connectivity index (χ0) is 20.2. The summed E-state index contributed by atoms with van der Waals surface area (Å²) in [5.74, 6) is -0.102. The minimum absolute atomic E-state index is 0.0272. The van der Waals surface area contributed by atoms with Crippen molar-refractivity contribution in [3.05, 3.63) is 76.8 Å². The maximum Gasteiger partial charge on any atom is 0.261 e. The number of fused-ring (bicyclic) bond motifs is 1. The molecule has 1 aromatic heterocycles. The Bertz CT molecular complexity index is 1090. The number of hydrogen-bond acceptors (Lipinski definition) is 4. The second-order valence-electron chi connectivity index (χ2n) is 7.45. The molecular weight excluding hydrogens is 366 g/mol. The predicted octanol–water partition coefficient (Wildman–Crippen LogP) is 3.05. The Morgan fingerprint density at radius 2 is 1.76 bits per heavy atom. The van der Waals surface area contributed by atoms with Crippen LogP contribution in [0.1, 0.15) is 36.0 Å². The van der Waals surface area contributed by atoms with Crippen LogP contribution in [0.2, 0.25) is 0 Å². The highest BCUT2D eigenvalue weighted by Crippen LogP contribution is 2.22. The van der Waals surface area contributed by atoms with Crippen molar-refractivity contribution >= 4 is 22.6 Å². The monoisotopic (exact) mass is 389 g/mol. The number of Topliss-reactive ketones (excluding diaryl/α,β-unsaturated/α-hetero) is 1. The third kappa shape index (κ3) is 4.11. The number of benzene rings is 2. The molecule has 1 amide bonds. The van der Waals surface area contributed by atoms with Gasteiger partial charge in [0, 0.05) is 24.6 Å². The number of likely N-dealkylation sites (tertiary alicyclic amines) is 1. The number of aromatic nitrogens is 2. The summed E-state index contributed by atoms with van der Waals surface area (Å²) in [4.78, 5) is 44.4. The lowest BCUT2D eigenvalue weighted by Crippen LogP contribution is -2.45. The molecule has 1 atom stereocenters. The van der Waals surface area contributed by atoms with Gasteiger partial charge in [0.05, 0.1) is 23.8 Å². The largest absolute Gasteiger partial charge is 0.335 e. The first kappa shape index (κ1) is 19.1. The van der Waals surface area contributed by atoms with Gasteiger partial charge in [0.15, 0.2) is 5.78 Å². The van der Waals surface area contributed by atoms with E-state index in [0.29, 0.717) is 23.0 Å². The van der Waals surface area contributed by atoms with Crippen LogP contribution in [-0.4, -0.2) is 38.7 Å². The molecule has 1 saturated heterocycles. The van der Waals surface area contributed by atoms with Crippen molar-refractivity contribution in [2.24, 2.45) is 0 Å². The second kappa shape index (κ2) is 8.39. The van der Waals surface area contributed by atoms with Gasteiger partial charge >= 0.3 is 0 Å². The van der Waals surface area contributed by atoms with Gasteiger partial charge in [-0.15, -0.1) is 0 Å². The highest BCUT2D eigenvalue weighted by Gasteiger charge is 2.29. The number of para-hydroxylation sites is 1. The van der Waals surface area contributed by atoms with Crippen LogP contribution < -0.4 is 5.56 Å². The topological polar surface area (TPSA) is 72.3 Å². The van der Waals surface area contributed by atoms with Gasteiger partial charge in [0.1, 0.15) is 0 Å². The summed E-state index contributed by atoms with van der Waals surface area (Å²) in [5, 5.41) is 0.501. The number of ketones is 1. The molecule has 2 heterocycles. The van der Waals surface area contributed by atoms with Gasteiger partial charge in [-0.05, 0) is 43.5 Å². The zero-order valence-corrected chi connectivity index (χ0v) is 16.2. The third-order valence-electron chi connectivity index (χ3n) is 5.45. The van der Waals surface area contributed by atoms with Crippen molar-refractivity contribution in [1.29, 1.82) is 0 Å². The van der Waals surface area contributed by atoms with E-state index in [4.69, 9.17) is 0 Å². The van der Waals surface area contributed by atoms with E-state index in [-0.39, 0.29) is 36.3 Å². The van der Waals surface area contributed by atoms with E-state index >= 15 is 0 Å². The van der Waals surface area contributed by atoms with Crippen molar-refractivity contribution in [3.63, 3.8) is 0 Å². The molecule has 4 rings (SSSR count). The van der Waals surface area contributed by atoms with Gasteiger partial charge in [0.2, 0.25) is 0 Å². The van der Waals surface area contributed by atoms with E-state index in [1.807, 2.05) is 29.2 Å². The molecule has 0 saturated carbocycles. The molecule has 6 heteroatoms. The molecule has 1 fully saturated rings. The molecule has 0 bridgehead atoms. The summed E-state index contributed by atoms with van der Waals surface area (Å²) in [7, 11) is 0. The van der Waals surface area contributed by atoms with E-state index in [2.05, 4.69) is 4.98 Å². The molecule has 3 aromatic rings. The first-order valence-corrected chi connectivity index (χ1v) is 9.95. The smallest absolute Gasteiger partial charge is 0.261 e. The molecule has 0 N–H and O–H groups in total. The first-order chi connectivity index (χ1) is 14.1. The number of piperidine rings is 1. The van der Waals surface area contributed by atoms with Crippen molar-refractivity contribution in [2.75, 3.05) is 6.54 Å². The second-order valence-corrected chi connectivity index (χ2v) is 7.45. The van der Waals surface area contributed by atoms with Crippen molar-refractivity contribution in [1.82, 2.24) is 14.5 Å². The Morgan fingerprint density at radius 1 is 1.00 bits per heavy atom. The summed E-state index contributed by atoms with van der Waals surface area (Å²) in [5.41, 5.74) is 1.04. The molecular formula is C23H23N3O3. The molecule has 1 aliphatic rings. The third-order valence-corrected chi connectivity index (χ3v) is 5.45. The van der Waals surface area contributed by atoms with Crippen LogP contribution in [-0.2, 0) is 11.3 Å². The molecule has 0 spiro atoms. The Hall–Kier alpha value is -3.28. The molecule has 0 aliphatic carbocycles. The SMILES string of the molecule is O=C(CC1CCCCN1C(=O)c1ccccc1)Cn1cnc2ccccc2c1=O. The standard InChI is InChI=1S/C23H23N3O3/c27-19(15-25-16-24-21-12-5-4-11-20(21)23(25)29)14-18-10-6-7-13-26(18)22(28)17-8-2-1-3-9-17/h1-5,8-9,11-12,16,18H,6-7,10,13-15H2. The molecule has 1 aliphatic heterocycles. The number of carbonyl (C=O) groups is 2. The summed E-state index contributed by atoms with van der Waals surface area (Å²) in [6, 6.07) is 16.1. The van der Waals surface area contributed by atoms with Crippen molar-refractivity contribution in [3.8, 4) is 0 Å². The number of carbonyl (C=O) groups excluding carboxylic acids is 2. The fourth-order valence-corrected chi connectivity index (χ4v) is 3.96. The van der Waals surface area contributed by atoms with Gasteiger partial charge < -0.3 is 4.90 Å². The summed E-state index contributed by atoms with van der Waals surface area (Å²) >= 11 is 0. The molecule has 6 nitrogen and oxygen atoms in total. The highest BCUT2D eigenvalue weighted by atomic mass is 16.2. The van der Waals surface area contributed by atoms with Crippen LogP contribution in [0.3, 0.4) is 0 Å². The fraction of sp³-hybridized carbons (Fsp3) is 0.304. The maximum atomic E-state index is 12.9. The number of hydrogen-bond donors (Lipinski definition) is 0. The summed E-state index contributed by atoms with van der Waals surface area (Å²) in [6.07, 6.45) is 4.41. The molecule has 0 radical (unpaired) electrons. The van der Waals surface area contributed by atoms with Crippen molar-refractivity contribution < 1.29 is 9.59 Å². The average Bonchev–Trinajstić information content (AvgIpc) is 2.76. The van der Waals surface area contributed by atoms with Gasteiger partial charge in [0.25, 0.3) is 11.5 Å². The normalized spacial score (nSPS) is 16.7. The van der Waals surface area contributed by atoms with Gasteiger partial charge in [-0.3, -0.25) is 19.0 Å². The van der Waals surface area contributed by atoms with Crippen molar-refractivity contribution in [2.45, 2.75) is 38.3 Å². The fourth-order valence-electron chi connectivity index (χ4n) is 3.96. The minimum Gasteiger partial charge on any atom is -0.335 e. The van der Waals surface area contributed by atoms with Gasteiger partial charge in [-0.1, -0.05) is 30.3 Å². The maximum absolute atomic E-state index is 12.9. The van der Waals surface area contributed by atoms with E-state index < -0.39 is 0 Å². The summed E-state index contributed by atoms with van der Waals surface area (Å²) < 4.78 is 1.36. The predicted molar refractivity (Wildman–Crippen MR) is 111 cm³/mol. The number of amides is 1. The van der Waals surface area contributed by atoms with Gasteiger partial charge in [-0.25, -0.2) is 4.98 Å². The van der Waals surface area contributed by atoms with Crippen LogP contribution in [0, 0.1) is 0 Å². The Labute approximate surface area is 168 Å². The van der Waals surface area contributed by atoms with Crippen LogP contribution in [0.25, 0.3) is 10.9 Å². The number of rotatable bonds is 5. The quantitative estimate of drug-likeness (QED) is 0.672. The molecule has 148 valence electrons. The lowest BCUT2D eigenvalue weighted by molar-refractivity contribution is -0.120. The molecule has 2 aromatic carbocycles. The first-order valence-electron chi connectivity index (χ1n) is 9.95. The minimum atomic E-state index is -0.218. The van der Waals surface area contributed by atoms with E-state index in [0.717, 1.165) is 19.3 Å². The Balaban J connectivity index is 1.49. The Morgan fingerprint density at radius 3 is 2.59 bits per heavy atom. The van der Waals surface area contributed by atoms with Crippen LogP contribution in [0.15, 0.2) is 65.7 Å². The van der Waals surface area contributed by atoms with Crippen LogP contribution in [0.5, 0.6) is 0 Å². The molecule has 29 heavy (non-hydrogen) atoms. The number of nitrogens with zero attached hydrogens (tertiary/aromatic N) is 3. The van der Waals surface area contributed by atoms with E-state index in [1.165, 1.54) is 10.9 Å². The van der Waals surface area contributed by atoms with E-state index in [9.17, 15) is 14.4 Å². The van der Waals surface area contributed by atoms with Crippen LogP contribution >= 0.6 is 0 Å². The average molecular weight is 389 g/mol. The van der Waals surface area contributed by atoms with E-state index in [1.54, 1.807) is 30.3 Å². The Kier molecular flexibility index (Phi) is 5.51. The highest BCUT2D eigenvalue weighted by molar-refractivity contribution is 5.94. The zero-order valence-electron chi connectivity index (χ0n) is 16.2. The lowest BCUT2D eigenvalue weighted by atomic mass is 9.96. The molecule has 1 unspecified atom stereocenters.